The summed E-state index contributed by atoms with van der Waals surface area (Å²) in [6.07, 6.45) is -10.4. The van der Waals surface area contributed by atoms with E-state index in [0.29, 0.717) is 12.1 Å². The topological polar surface area (TPSA) is 30.7 Å². The largest absolute Gasteiger partial charge is 0.417 e. The van der Waals surface area contributed by atoms with Gasteiger partial charge < -0.3 is 0 Å². The van der Waals surface area contributed by atoms with Gasteiger partial charge in [0.05, 0.1) is 46.8 Å². The van der Waals surface area contributed by atoms with E-state index in [1.54, 1.807) is 0 Å². The molecule has 4 aromatic rings. The summed E-state index contributed by atoms with van der Waals surface area (Å²) in [6, 6.07) is 6.89. The predicted molar refractivity (Wildman–Crippen MR) is 107 cm³/mol. The third kappa shape index (κ3) is 4.86. The van der Waals surface area contributed by atoms with E-state index >= 15 is 0 Å². The molecule has 35 heavy (non-hydrogen) atoms. The smallest absolute Gasteiger partial charge is 0.297 e. The van der Waals surface area contributed by atoms with E-state index in [1.807, 2.05) is 0 Å². The third-order valence-corrected chi connectivity index (χ3v) is 5.10. The second kappa shape index (κ2) is 8.43. The number of nitrogens with zero attached hydrogens (tertiary/aromatic N) is 3. The molecule has 182 valence electrons. The van der Waals surface area contributed by atoms with Crippen molar-refractivity contribution in [3.63, 3.8) is 0 Å². The monoisotopic (exact) mass is 501 g/mol. The van der Waals surface area contributed by atoms with Gasteiger partial charge in [0.2, 0.25) is 0 Å². The van der Waals surface area contributed by atoms with Crippen molar-refractivity contribution in [2.75, 3.05) is 0 Å². The summed E-state index contributed by atoms with van der Waals surface area (Å²) in [4.78, 5) is 7.69. The third-order valence-electron chi connectivity index (χ3n) is 5.10. The lowest BCUT2D eigenvalue weighted by Crippen LogP contribution is -2.11. The second-order valence-corrected chi connectivity index (χ2v) is 7.38. The van der Waals surface area contributed by atoms with Crippen LogP contribution in [0, 0.1) is 0 Å². The summed E-state index contributed by atoms with van der Waals surface area (Å²) >= 11 is 0. The molecule has 2 aromatic carbocycles. The summed E-state index contributed by atoms with van der Waals surface area (Å²) in [7, 11) is 0. The molecule has 0 radical (unpaired) electrons. The minimum absolute atomic E-state index is 0.00445. The highest BCUT2D eigenvalue weighted by molar-refractivity contribution is 5.77. The highest BCUT2D eigenvalue weighted by atomic mass is 19.4. The Balaban J connectivity index is 1.95. The number of rotatable bonds is 3. The molecule has 0 aliphatic rings. The van der Waals surface area contributed by atoms with Crippen LogP contribution in [0.1, 0.15) is 16.7 Å². The molecule has 0 N–H and O–H groups in total. The van der Waals surface area contributed by atoms with E-state index in [0.717, 1.165) is 29.4 Å². The Bertz CT molecular complexity index is 1330. The summed E-state index contributed by atoms with van der Waals surface area (Å²) < 4.78 is 122. The summed E-state index contributed by atoms with van der Waals surface area (Å²) in [6.45, 7) is 0. The second-order valence-electron chi connectivity index (χ2n) is 7.38. The van der Waals surface area contributed by atoms with Gasteiger partial charge in [-0.15, -0.1) is 0 Å². The molecule has 0 aliphatic heterocycles. The predicted octanol–water partition coefficient (Wildman–Crippen LogP) is 7.66. The van der Waals surface area contributed by atoms with Crippen molar-refractivity contribution < 1.29 is 39.5 Å². The molecule has 0 unspecified atom stereocenters. The summed E-state index contributed by atoms with van der Waals surface area (Å²) in [5, 5.41) is 0. The van der Waals surface area contributed by atoms with Crippen LogP contribution in [-0.4, -0.2) is 14.5 Å². The van der Waals surface area contributed by atoms with Gasteiger partial charge in [-0.1, -0.05) is 18.2 Å². The number of benzene rings is 2. The number of hydrogen-bond donors (Lipinski definition) is 0. The maximum atomic E-state index is 13.6. The molecule has 12 heteroatoms. The Morgan fingerprint density at radius 2 is 1.26 bits per heavy atom. The molecule has 0 fully saturated rings. The zero-order valence-corrected chi connectivity index (χ0v) is 17.2. The van der Waals surface area contributed by atoms with Gasteiger partial charge in [-0.2, -0.15) is 39.5 Å². The number of halogens is 9. The van der Waals surface area contributed by atoms with E-state index in [-0.39, 0.29) is 28.6 Å². The van der Waals surface area contributed by atoms with Crippen molar-refractivity contribution in [2.24, 2.45) is 0 Å². The quantitative estimate of drug-likeness (QED) is 0.270. The normalized spacial score (nSPS) is 12.7. The summed E-state index contributed by atoms with van der Waals surface area (Å²) in [5.74, 6) is 0. The minimum Gasteiger partial charge on any atom is -0.297 e. The van der Waals surface area contributed by atoms with Gasteiger partial charge in [-0.3, -0.25) is 9.55 Å². The summed E-state index contributed by atoms with van der Waals surface area (Å²) in [5.41, 5.74) is -5.03. The van der Waals surface area contributed by atoms with Crippen LogP contribution in [0.2, 0.25) is 0 Å². The van der Waals surface area contributed by atoms with E-state index in [1.165, 1.54) is 30.5 Å². The molecule has 2 aromatic heterocycles. The zero-order valence-electron chi connectivity index (χ0n) is 17.2. The van der Waals surface area contributed by atoms with Gasteiger partial charge in [0.1, 0.15) is 0 Å². The molecule has 2 heterocycles. The molecule has 4 rings (SSSR count). The molecule has 0 spiro atoms. The Kier molecular flexibility index (Phi) is 5.86. The van der Waals surface area contributed by atoms with Crippen molar-refractivity contribution in [1.82, 2.24) is 14.5 Å². The molecule has 0 amide bonds. The SMILES string of the molecule is FC(F)(F)c1cc(-c2cncn2-c2cnccc2-c2ccccc2C(F)(F)F)cc(C(F)(F)F)c1. The maximum absolute atomic E-state index is 13.6. The fraction of sp³-hybridized carbons (Fsp3) is 0.130. The van der Waals surface area contributed by atoms with E-state index in [9.17, 15) is 39.5 Å². The Morgan fingerprint density at radius 1 is 0.629 bits per heavy atom. The minimum atomic E-state index is -5.08. The van der Waals surface area contributed by atoms with Crippen LogP contribution < -0.4 is 0 Å². The van der Waals surface area contributed by atoms with Crippen molar-refractivity contribution in [1.29, 1.82) is 0 Å². The van der Waals surface area contributed by atoms with Crippen LogP contribution in [0.4, 0.5) is 39.5 Å². The first-order valence-electron chi connectivity index (χ1n) is 9.70. The first kappa shape index (κ1) is 24.3. The van der Waals surface area contributed by atoms with Gasteiger partial charge >= 0.3 is 18.5 Å². The maximum Gasteiger partial charge on any atom is 0.417 e. The van der Waals surface area contributed by atoms with Crippen molar-refractivity contribution in [3.05, 3.63) is 90.1 Å². The number of imidazole rings is 1. The van der Waals surface area contributed by atoms with Crippen molar-refractivity contribution in [2.45, 2.75) is 18.5 Å². The van der Waals surface area contributed by atoms with Gasteiger partial charge in [-0.25, -0.2) is 4.98 Å². The number of aromatic nitrogens is 3. The molecule has 0 bridgehead atoms. The average molecular weight is 501 g/mol. The molecule has 0 atom stereocenters. The lowest BCUT2D eigenvalue weighted by molar-refractivity contribution is -0.143. The van der Waals surface area contributed by atoms with Gasteiger partial charge in [0.15, 0.2) is 0 Å². The van der Waals surface area contributed by atoms with Gasteiger partial charge in [0.25, 0.3) is 0 Å². The Labute approximate surface area is 191 Å². The molecule has 0 aliphatic carbocycles. The van der Waals surface area contributed by atoms with Crippen molar-refractivity contribution >= 4 is 0 Å². The lowest BCUT2D eigenvalue weighted by atomic mass is 9.98. The fourth-order valence-corrected chi connectivity index (χ4v) is 3.57. The molecular weight excluding hydrogens is 489 g/mol. The van der Waals surface area contributed by atoms with Crippen LogP contribution >= 0.6 is 0 Å². The van der Waals surface area contributed by atoms with E-state index < -0.39 is 40.8 Å². The Morgan fingerprint density at radius 3 is 1.86 bits per heavy atom. The number of pyridine rings is 1. The first-order chi connectivity index (χ1) is 16.3. The molecule has 3 nitrogen and oxygen atoms in total. The molecular formula is C23H12F9N3. The Hall–Kier alpha value is -3.83. The van der Waals surface area contributed by atoms with Crippen LogP contribution in [0.5, 0.6) is 0 Å². The molecule has 0 saturated heterocycles. The zero-order chi connectivity index (χ0) is 25.6. The van der Waals surface area contributed by atoms with E-state index in [2.05, 4.69) is 9.97 Å². The number of hydrogen-bond acceptors (Lipinski definition) is 2. The van der Waals surface area contributed by atoms with Crippen LogP contribution in [0.3, 0.4) is 0 Å². The average Bonchev–Trinajstić information content (AvgIpc) is 3.27. The fourth-order valence-electron chi connectivity index (χ4n) is 3.57. The van der Waals surface area contributed by atoms with Crippen molar-refractivity contribution in [3.8, 4) is 28.1 Å². The lowest BCUT2D eigenvalue weighted by Gasteiger charge is -2.18. The first-order valence-corrected chi connectivity index (χ1v) is 9.70. The number of alkyl halides is 9. The van der Waals surface area contributed by atoms with Crippen LogP contribution in [-0.2, 0) is 18.5 Å². The van der Waals surface area contributed by atoms with Crippen LogP contribution in [0.25, 0.3) is 28.1 Å². The molecule has 0 saturated carbocycles. The van der Waals surface area contributed by atoms with Gasteiger partial charge in [0, 0.05) is 17.3 Å². The van der Waals surface area contributed by atoms with Gasteiger partial charge in [-0.05, 0) is 35.9 Å². The standard InChI is InChI=1S/C23H12F9N3/c24-21(25,26)14-7-13(8-15(9-14)22(27,28)29)19-10-34-12-35(19)20-11-33-6-5-17(20)16-3-1-2-4-18(16)23(30,31)32/h1-12H. The highest BCUT2D eigenvalue weighted by Gasteiger charge is 2.37. The highest BCUT2D eigenvalue weighted by Crippen LogP contribution is 2.41. The van der Waals surface area contributed by atoms with Crippen LogP contribution in [0.15, 0.2) is 73.4 Å². The van der Waals surface area contributed by atoms with E-state index in [4.69, 9.17) is 0 Å².